The van der Waals surface area contributed by atoms with Gasteiger partial charge in [0.1, 0.15) is 5.75 Å². The number of hydrogen-bond acceptors (Lipinski definition) is 4. The molecule has 1 N–H and O–H groups in total. The molecule has 0 aliphatic carbocycles. The van der Waals surface area contributed by atoms with Gasteiger partial charge in [-0.2, -0.15) is 0 Å². The molecule has 0 aliphatic rings. The normalized spacial score (nSPS) is 11.5. The van der Waals surface area contributed by atoms with Gasteiger partial charge < -0.3 is 14.8 Å². The van der Waals surface area contributed by atoms with E-state index in [-0.39, 0.29) is 23.1 Å². The van der Waals surface area contributed by atoms with Crippen molar-refractivity contribution in [3.8, 4) is 5.75 Å². The predicted molar refractivity (Wildman–Crippen MR) is 92.6 cm³/mol. The number of ether oxygens (including phenoxy) is 2. The van der Waals surface area contributed by atoms with Gasteiger partial charge in [0.15, 0.2) is 6.10 Å². The lowest BCUT2D eigenvalue weighted by Crippen LogP contribution is -2.30. The number of halogens is 1. The van der Waals surface area contributed by atoms with Crippen molar-refractivity contribution >= 4 is 29.2 Å². The Bertz CT molecular complexity index is 718. The van der Waals surface area contributed by atoms with Gasteiger partial charge in [0.25, 0.3) is 5.91 Å². The highest BCUT2D eigenvalue weighted by atomic mass is 35.5. The Morgan fingerprint density at radius 3 is 2.54 bits per heavy atom. The van der Waals surface area contributed by atoms with E-state index in [0.29, 0.717) is 11.4 Å². The first kappa shape index (κ1) is 17.8. The highest BCUT2D eigenvalue weighted by Crippen LogP contribution is 2.22. The molecular weight excluding hydrogens is 330 g/mol. The highest BCUT2D eigenvalue weighted by molar-refractivity contribution is 6.33. The molecule has 0 saturated carbocycles. The maximum atomic E-state index is 12.2. The molecule has 0 heterocycles. The Labute approximate surface area is 145 Å². The Balaban J connectivity index is 2.05. The summed E-state index contributed by atoms with van der Waals surface area (Å²) in [6.45, 7) is 3.60. The number of hydrogen-bond donors (Lipinski definition) is 1. The summed E-state index contributed by atoms with van der Waals surface area (Å²) in [7, 11) is 0. The summed E-state index contributed by atoms with van der Waals surface area (Å²) in [6, 6.07) is 13.7. The summed E-state index contributed by atoms with van der Waals surface area (Å²) < 4.78 is 10.5. The Morgan fingerprint density at radius 1 is 1.17 bits per heavy atom. The maximum absolute atomic E-state index is 12.2. The Kier molecular flexibility index (Phi) is 6.21. The summed E-state index contributed by atoms with van der Waals surface area (Å²) in [5.41, 5.74) is 0.643. The second kappa shape index (κ2) is 8.36. The zero-order valence-corrected chi connectivity index (χ0v) is 14.2. The van der Waals surface area contributed by atoms with E-state index in [4.69, 9.17) is 21.1 Å². The monoisotopic (exact) mass is 347 g/mol. The molecule has 0 saturated heterocycles. The van der Waals surface area contributed by atoms with Gasteiger partial charge in [0.05, 0.1) is 17.2 Å². The van der Waals surface area contributed by atoms with E-state index < -0.39 is 12.1 Å². The van der Waals surface area contributed by atoms with Crippen LogP contribution in [0.15, 0.2) is 48.5 Å². The SMILES string of the molecule is CCOC(=O)c1cc(NC(=O)[C@@H](C)Oc2ccccc2)ccc1Cl. The fraction of sp³-hybridized carbons (Fsp3) is 0.222. The van der Waals surface area contributed by atoms with Crippen molar-refractivity contribution in [2.75, 3.05) is 11.9 Å². The van der Waals surface area contributed by atoms with Gasteiger partial charge in [-0.3, -0.25) is 4.79 Å². The van der Waals surface area contributed by atoms with Crippen LogP contribution in [-0.4, -0.2) is 24.6 Å². The topological polar surface area (TPSA) is 64.6 Å². The first-order valence-corrected chi connectivity index (χ1v) is 7.88. The van der Waals surface area contributed by atoms with Crippen molar-refractivity contribution in [3.05, 3.63) is 59.1 Å². The number of amides is 1. The summed E-state index contributed by atoms with van der Waals surface area (Å²) in [5.74, 6) is -0.272. The van der Waals surface area contributed by atoms with Gasteiger partial charge in [-0.05, 0) is 44.2 Å². The molecule has 1 amide bonds. The van der Waals surface area contributed by atoms with Crippen molar-refractivity contribution in [2.24, 2.45) is 0 Å². The number of nitrogens with one attached hydrogen (secondary N) is 1. The van der Waals surface area contributed by atoms with Crippen LogP contribution in [0.5, 0.6) is 5.75 Å². The van der Waals surface area contributed by atoms with Gasteiger partial charge in [-0.25, -0.2) is 4.79 Å². The summed E-state index contributed by atoms with van der Waals surface area (Å²) in [5, 5.41) is 2.96. The van der Waals surface area contributed by atoms with E-state index in [1.807, 2.05) is 18.2 Å². The van der Waals surface area contributed by atoms with Crippen molar-refractivity contribution in [1.82, 2.24) is 0 Å². The van der Waals surface area contributed by atoms with Crippen LogP contribution in [0, 0.1) is 0 Å². The lowest BCUT2D eigenvalue weighted by molar-refractivity contribution is -0.122. The molecule has 2 rings (SSSR count). The fourth-order valence-electron chi connectivity index (χ4n) is 1.97. The van der Waals surface area contributed by atoms with Gasteiger partial charge in [-0.1, -0.05) is 29.8 Å². The lowest BCUT2D eigenvalue weighted by atomic mass is 10.2. The molecular formula is C18H18ClNO4. The van der Waals surface area contributed by atoms with Crippen LogP contribution >= 0.6 is 11.6 Å². The summed E-state index contributed by atoms with van der Waals surface area (Å²) in [6.07, 6.45) is -0.700. The van der Waals surface area contributed by atoms with E-state index in [0.717, 1.165) is 0 Å². The molecule has 0 aromatic heterocycles. The van der Waals surface area contributed by atoms with Crippen LogP contribution in [0.4, 0.5) is 5.69 Å². The van der Waals surface area contributed by atoms with Gasteiger partial charge in [0, 0.05) is 5.69 Å². The molecule has 24 heavy (non-hydrogen) atoms. The molecule has 5 nitrogen and oxygen atoms in total. The van der Waals surface area contributed by atoms with E-state index in [1.54, 1.807) is 32.0 Å². The molecule has 2 aromatic rings. The fourth-order valence-corrected chi connectivity index (χ4v) is 2.16. The molecule has 2 aromatic carbocycles. The van der Waals surface area contributed by atoms with Crippen LogP contribution in [0.3, 0.4) is 0 Å². The lowest BCUT2D eigenvalue weighted by Gasteiger charge is -2.15. The van der Waals surface area contributed by atoms with Crippen molar-refractivity contribution < 1.29 is 19.1 Å². The Hall–Kier alpha value is -2.53. The molecule has 1 atom stereocenters. The van der Waals surface area contributed by atoms with E-state index in [9.17, 15) is 9.59 Å². The quantitative estimate of drug-likeness (QED) is 0.804. The molecule has 0 aliphatic heterocycles. The number of carbonyl (C=O) groups is 2. The second-order valence-electron chi connectivity index (χ2n) is 4.98. The number of benzene rings is 2. The number of esters is 1. The van der Waals surface area contributed by atoms with E-state index >= 15 is 0 Å². The zero-order valence-electron chi connectivity index (χ0n) is 13.4. The minimum absolute atomic E-state index is 0.202. The van der Waals surface area contributed by atoms with Crippen LogP contribution in [0.25, 0.3) is 0 Å². The minimum atomic E-state index is -0.700. The third kappa shape index (κ3) is 4.73. The molecule has 126 valence electrons. The van der Waals surface area contributed by atoms with Gasteiger partial charge in [-0.15, -0.1) is 0 Å². The van der Waals surface area contributed by atoms with Gasteiger partial charge >= 0.3 is 5.97 Å². The third-order valence-electron chi connectivity index (χ3n) is 3.15. The number of rotatable bonds is 6. The molecule has 0 unspecified atom stereocenters. The van der Waals surface area contributed by atoms with Crippen molar-refractivity contribution in [2.45, 2.75) is 20.0 Å². The number of carbonyl (C=O) groups excluding carboxylic acids is 2. The Morgan fingerprint density at radius 2 is 1.88 bits per heavy atom. The summed E-state index contributed by atoms with van der Waals surface area (Å²) in [4.78, 5) is 24.1. The zero-order chi connectivity index (χ0) is 17.5. The largest absolute Gasteiger partial charge is 0.481 e. The smallest absolute Gasteiger partial charge is 0.339 e. The van der Waals surface area contributed by atoms with E-state index in [2.05, 4.69) is 5.32 Å². The van der Waals surface area contributed by atoms with Crippen LogP contribution in [0.2, 0.25) is 5.02 Å². The first-order valence-electron chi connectivity index (χ1n) is 7.50. The average Bonchev–Trinajstić information content (AvgIpc) is 2.57. The highest BCUT2D eigenvalue weighted by Gasteiger charge is 2.17. The number of anilines is 1. The van der Waals surface area contributed by atoms with Crippen LogP contribution < -0.4 is 10.1 Å². The van der Waals surface area contributed by atoms with Crippen molar-refractivity contribution in [1.29, 1.82) is 0 Å². The van der Waals surface area contributed by atoms with Crippen LogP contribution in [-0.2, 0) is 9.53 Å². The number of para-hydroxylation sites is 1. The predicted octanol–water partition coefficient (Wildman–Crippen LogP) is 3.92. The first-order chi connectivity index (χ1) is 11.5. The van der Waals surface area contributed by atoms with Crippen LogP contribution in [0.1, 0.15) is 24.2 Å². The third-order valence-corrected chi connectivity index (χ3v) is 3.48. The molecule has 0 radical (unpaired) electrons. The minimum Gasteiger partial charge on any atom is -0.481 e. The average molecular weight is 348 g/mol. The standard InChI is InChI=1S/C18H18ClNO4/c1-3-23-18(22)15-11-13(9-10-16(15)19)20-17(21)12(2)24-14-7-5-4-6-8-14/h4-12H,3H2,1-2H3,(H,20,21)/t12-/m1/s1. The summed E-state index contributed by atoms with van der Waals surface area (Å²) >= 11 is 6.00. The van der Waals surface area contributed by atoms with Crippen molar-refractivity contribution in [3.63, 3.8) is 0 Å². The molecule has 0 fully saturated rings. The molecule has 0 spiro atoms. The van der Waals surface area contributed by atoms with Gasteiger partial charge in [0.2, 0.25) is 0 Å². The second-order valence-corrected chi connectivity index (χ2v) is 5.38. The maximum Gasteiger partial charge on any atom is 0.339 e. The molecule has 0 bridgehead atoms. The van der Waals surface area contributed by atoms with E-state index in [1.165, 1.54) is 12.1 Å². The molecule has 6 heteroatoms.